The Morgan fingerprint density at radius 1 is 0.426 bits per heavy atom. The van der Waals surface area contributed by atoms with Gasteiger partial charge in [-0.05, 0) is 89.9 Å². The first-order chi connectivity index (χ1) is 33.5. The second-order valence-corrected chi connectivity index (χ2v) is 20.4. The van der Waals surface area contributed by atoms with Crippen molar-refractivity contribution < 1.29 is 24.5 Å². The van der Waals surface area contributed by atoms with E-state index >= 15 is 0 Å². The third kappa shape index (κ3) is 50.2. The van der Waals surface area contributed by atoms with Crippen LogP contribution < -0.4 is 5.32 Å². The van der Waals surface area contributed by atoms with Crippen LogP contribution in [-0.2, 0) is 14.3 Å². The SMILES string of the molecule is CCCCC/C=C\C/C=C\C/C=C\CCCCCCC(CC(=O)NC(CO)C(O)CCCCCCCCCCCCCCCCCC)OC(=O)CCCCCCC/C=C/CCCCCCCCC. The topological polar surface area (TPSA) is 95.9 Å². The molecule has 68 heavy (non-hydrogen) atoms. The summed E-state index contributed by atoms with van der Waals surface area (Å²) in [6.07, 6.45) is 68.9. The lowest BCUT2D eigenvalue weighted by Gasteiger charge is -2.24. The summed E-state index contributed by atoms with van der Waals surface area (Å²) in [5, 5.41) is 23.9. The monoisotopic (exact) mass is 954 g/mol. The van der Waals surface area contributed by atoms with Crippen molar-refractivity contribution >= 4 is 11.9 Å². The highest BCUT2D eigenvalue weighted by molar-refractivity contribution is 5.77. The highest BCUT2D eigenvalue weighted by atomic mass is 16.5. The van der Waals surface area contributed by atoms with Gasteiger partial charge in [0.25, 0.3) is 0 Å². The van der Waals surface area contributed by atoms with Gasteiger partial charge in [0, 0.05) is 6.42 Å². The van der Waals surface area contributed by atoms with Crippen LogP contribution in [0.25, 0.3) is 0 Å². The van der Waals surface area contributed by atoms with E-state index in [2.05, 4.69) is 74.7 Å². The van der Waals surface area contributed by atoms with E-state index in [0.29, 0.717) is 19.3 Å². The molecule has 0 aliphatic heterocycles. The van der Waals surface area contributed by atoms with E-state index in [-0.39, 0.29) is 24.9 Å². The summed E-state index contributed by atoms with van der Waals surface area (Å²) in [6, 6.07) is -0.712. The first-order valence-corrected chi connectivity index (χ1v) is 29.9. The van der Waals surface area contributed by atoms with Gasteiger partial charge in [-0.3, -0.25) is 9.59 Å². The van der Waals surface area contributed by atoms with Crippen molar-refractivity contribution in [2.45, 2.75) is 328 Å². The van der Waals surface area contributed by atoms with Crippen LogP contribution in [0.3, 0.4) is 0 Å². The number of hydrogen-bond donors (Lipinski definition) is 3. The van der Waals surface area contributed by atoms with E-state index in [1.807, 2.05) is 0 Å². The largest absolute Gasteiger partial charge is 0.462 e. The molecule has 0 aromatic rings. The third-order valence-electron chi connectivity index (χ3n) is 13.6. The predicted octanol–water partition coefficient (Wildman–Crippen LogP) is 18.6. The predicted molar refractivity (Wildman–Crippen MR) is 296 cm³/mol. The Balaban J connectivity index is 4.60. The van der Waals surface area contributed by atoms with Crippen LogP contribution >= 0.6 is 0 Å². The van der Waals surface area contributed by atoms with Crippen molar-refractivity contribution in [2.75, 3.05) is 6.61 Å². The molecular weight excluding hydrogens is 839 g/mol. The maximum Gasteiger partial charge on any atom is 0.306 e. The zero-order chi connectivity index (χ0) is 49.5. The number of unbranched alkanes of at least 4 members (excludes halogenated alkanes) is 34. The number of ether oxygens (including phenoxy) is 1. The normalized spacial score (nSPS) is 13.4. The van der Waals surface area contributed by atoms with Crippen LogP contribution in [0, 0.1) is 0 Å². The molecule has 0 heterocycles. The second-order valence-electron chi connectivity index (χ2n) is 20.4. The van der Waals surface area contributed by atoms with Gasteiger partial charge in [-0.25, -0.2) is 0 Å². The van der Waals surface area contributed by atoms with Gasteiger partial charge in [-0.2, -0.15) is 0 Å². The molecule has 0 radical (unpaired) electrons. The van der Waals surface area contributed by atoms with E-state index in [0.717, 1.165) is 89.9 Å². The van der Waals surface area contributed by atoms with Crippen molar-refractivity contribution in [2.24, 2.45) is 0 Å². The van der Waals surface area contributed by atoms with Gasteiger partial charge in [0.15, 0.2) is 0 Å². The molecule has 1 amide bonds. The Hall–Kier alpha value is -2.18. The maximum atomic E-state index is 13.3. The summed E-state index contributed by atoms with van der Waals surface area (Å²) in [4.78, 5) is 26.3. The highest BCUT2D eigenvalue weighted by Gasteiger charge is 2.24. The van der Waals surface area contributed by atoms with Gasteiger partial charge in [0.1, 0.15) is 6.10 Å². The molecule has 0 saturated heterocycles. The molecular formula is C62H115NO5. The molecule has 0 bridgehead atoms. The number of hydrogen-bond acceptors (Lipinski definition) is 5. The fourth-order valence-electron chi connectivity index (χ4n) is 9.08. The highest BCUT2D eigenvalue weighted by Crippen LogP contribution is 2.18. The van der Waals surface area contributed by atoms with Crippen LogP contribution in [0.5, 0.6) is 0 Å². The van der Waals surface area contributed by atoms with Gasteiger partial charge in [-0.1, -0.05) is 256 Å². The van der Waals surface area contributed by atoms with Crippen molar-refractivity contribution in [3.05, 3.63) is 48.6 Å². The molecule has 0 aromatic heterocycles. The Morgan fingerprint density at radius 3 is 1.18 bits per heavy atom. The molecule has 3 N–H and O–H groups in total. The number of carbonyl (C=O) groups is 2. The van der Waals surface area contributed by atoms with Gasteiger partial charge < -0.3 is 20.3 Å². The molecule has 398 valence electrons. The summed E-state index contributed by atoms with van der Waals surface area (Å²) < 4.78 is 5.96. The zero-order valence-electron chi connectivity index (χ0n) is 45.5. The fraction of sp³-hybridized carbons (Fsp3) is 0.839. The van der Waals surface area contributed by atoms with Crippen LogP contribution in [-0.4, -0.2) is 46.9 Å². The maximum absolute atomic E-state index is 13.3. The van der Waals surface area contributed by atoms with Gasteiger partial charge in [0.05, 0.1) is 25.2 Å². The Kier molecular flexibility index (Phi) is 54.0. The number of carbonyl (C=O) groups excluding carboxylic acids is 2. The van der Waals surface area contributed by atoms with Crippen molar-refractivity contribution in [3.63, 3.8) is 0 Å². The Labute approximate surface area is 423 Å². The van der Waals surface area contributed by atoms with Crippen LogP contribution in [0.1, 0.15) is 310 Å². The van der Waals surface area contributed by atoms with Crippen LogP contribution in [0.4, 0.5) is 0 Å². The van der Waals surface area contributed by atoms with E-state index < -0.39 is 18.2 Å². The standard InChI is InChI=1S/C62H115NO5/c1-4-7-10-13-16-19-22-25-28-31-32-35-38-41-44-47-50-53-58(68-62(67)55-52-49-46-43-40-37-34-30-27-24-21-18-15-12-9-6-3)56-61(66)63-59(57-64)60(65)54-51-48-45-42-39-36-33-29-26-23-20-17-14-11-8-5-2/h16,19,25,28,30,32,34-35,58-60,64-65H,4-15,17-18,20-24,26-27,29,31,33,36-57H2,1-3H3,(H,63,66)/b19-16-,28-25-,34-30+,35-32-. The third-order valence-corrected chi connectivity index (χ3v) is 13.6. The van der Waals surface area contributed by atoms with Crippen molar-refractivity contribution in [1.29, 1.82) is 0 Å². The lowest BCUT2D eigenvalue weighted by atomic mass is 10.0. The number of aliphatic hydroxyl groups excluding tert-OH is 2. The second kappa shape index (κ2) is 55.7. The summed E-state index contributed by atoms with van der Waals surface area (Å²) in [6.45, 7) is 6.48. The average Bonchev–Trinajstić information content (AvgIpc) is 3.33. The van der Waals surface area contributed by atoms with E-state index in [4.69, 9.17) is 4.74 Å². The van der Waals surface area contributed by atoms with Gasteiger partial charge >= 0.3 is 5.97 Å². The summed E-state index contributed by atoms with van der Waals surface area (Å²) in [5.41, 5.74) is 0. The van der Waals surface area contributed by atoms with Crippen LogP contribution in [0.15, 0.2) is 48.6 Å². The minimum absolute atomic E-state index is 0.0609. The molecule has 0 aliphatic carbocycles. The number of esters is 1. The molecule has 0 aromatic carbocycles. The van der Waals surface area contributed by atoms with Crippen molar-refractivity contribution in [1.82, 2.24) is 5.32 Å². The fourth-order valence-corrected chi connectivity index (χ4v) is 9.08. The summed E-state index contributed by atoms with van der Waals surface area (Å²) >= 11 is 0. The first kappa shape index (κ1) is 65.8. The summed E-state index contributed by atoms with van der Waals surface area (Å²) in [5.74, 6) is -0.493. The molecule has 0 saturated carbocycles. The quantitative estimate of drug-likeness (QED) is 0.0321. The molecule has 0 aliphatic rings. The molecule has 0 fully saturated rings. The molecule has 6 heteroatoms. The first-order valence-electron chi connectivity index (χ1n) is 29.9. The minimum Gasteiger partial charge on any atom is -0.462 e. The lowest BCUT2D eigenvalue weighted by molar-refractivity contribution is -0.151. The number of amides is 1. The number of nitrogens with one attached hydrogen (secondary N) is 1. The zero-order valence-corrected chi connectivity index (χ0v) is 45.5. The smallest absolute Gasteiger partial charge is 0.306 e. The Bertz CT molecular complexity index is 1160. The van der Waals surface area contributed by atoms with E-state index in [1.54, 1.807) is 0 Å². The molecule has 3 atom stereocenters. The molecule has 6 nitrogen and oxygen atoms in total. The molecule has 0 rings (SSSR count). The number of aliphatic hydroxyl groups is 2. The number of rotatable bonds is 54. The lowest BCUT2D eigenvalue weighted by Crippen LogP contribution is -2.46. The van der Waals surface area contributed by atoms with E-state index in [9.17, 15) is 19.8 Å². The summed E-state index contributed by atoms with van der Waals surface area (Å²) in [7, 11) is 0. The number of allylic oxidation sites excluding steroid dienone is 8. The Morgan fingerprint density at radius 2 is 0.750 bits per heavy atom. The van der Waals surface area contributed by atoms with Gasteiger partial charge in [0.2, 0.25) is 5.91 Å². The average molecular weight is 955 g/mol. The molecule has 0 spiro atoms. The van der Waals surface area contributed by atoms with E-state index in [1.165, 1.54) is 173 Å². The van der Waals surface area contributed by atoms with Crippen molar-refractivity contribution in [3.8, 4) is 0 Å². The van der Waals surface area contributed by atoms with Gasteiger partial charge in [-0.15, -0.1) is 0 Å². The molecule has 3 unspecified atom stereocenters. The van der Waals surface area contributed by atoms with Crippen LogP contribution in [0.2, 0.25) is 0 Å². The minimum atomic E-state index is -0.796.